The molecule has 23 heavy (non-hydrogen) atoms. The maximum atomic E-state index is 13.6. The highest BCUT2D eigenvalue weighted by molar-refractivity contribution is 5.79. The molecule has 3 rings (SSSR count). The lowest BCUT2D eigenvalue weighted by atomic mass is 10.2. The molecule has 1 atom stereocenters. The van der Waals surface area contributed by atoms with E-state index in [0.29, 0.717) is 17.1 Å². The molecule has 4 nitrogen and oxygen atoms in total. The Labute approximate surface area is 134 Å². The Morgan fingerprint density at radius 3 is 2.61 bits per heavy atom. The zero-order chi connectivity index (χ0) is 16.1. The summed E-state index contributed by atoms with van der Waals surface area (Å²) in [7, 11) is 0. The van der Waals surface area contributed by atoms with Crippen LogP contribution >= 0.6 is 0 Å². The van der Waals surface area contributed by atoms with Crippen molar-refractivity contribution in [2.75, 3.05) is 6.54 Å². The van der Waals surface area contributed by atoms with Gasteiger partial charge in [-0.3, -0.25) is 0 Å². The third-order valence-corrected chi connectivity index (χ3v) is 3.75. The minimum Gasteiger partial charge on any atom is -0.485 e. The van der Waals surface area contributed by atoms with Crippen LogP contribution in [0.3, 0.4) is 0 Å². The molecule has 0 aromatic heterocycles. The zero-order valence-electron chi connectivity index (χ0n) is 12.6. The molecular weight excluding hydrogens is 297 g/mol. The number of nitrogens with one attached hydrogen (secondary N) is 1. The Kier molecular flexibility index (Phi) is 4.88. The highest BCUT2D eigenvalue weighted by atomic mass is 19.1. The van der Waals surface area contributed by atoms with E-state index in [-0.39, 0.29) is 24.4 Å². The monoisotopic (exact) mass is 315 g/mol. The average molecular weight is 315 g/mol. The van der Waals surface area contributed by atoms with Crippen LogP contribution in [0, 0.1) is 5.82 Å². The number of hydrogen-bond acceptors (Lipinski definition) is 4. The van der Waals surface area contributed by atoms with Crippen LogP contribution in [-0.4, -0.2) is 18.6 Å². The van der Waals surface area contributed by atoms with Gasteiger partial charge in [-0.2, -0.15) is 0 Å². The van der Waals surface area contributed by atoms with Crippen LogP contribution < -0.4 is 14.8 Å². The van der Waals surface area contributed by atoms with Crippen LogP contribution in [0.25, 0.3) is 0 Å². The number of halogens is 1. The van der Waals surface area contributed by atoms with Gasteiger partial charge in [0, 0.05) is 5.56 Å². The van der Waals surface area contributed by atoms with E-state index in [9.17, 15) is 9.18 Å². The summed E-state index contributed by atoms with van der Waals surface area (Å²) in [4.78, 5) is 12.1. The fourth-order valence-corrected chi connectivity index (χ4v) is 2.49. The normalized spacial score (nSPS) is 17.0. The fraction of sp³-hybridized carbons (Fsp3) is 0.278. The molecular formula is C18H18FNO3. The van der Waals surface area contributed by atoms with Crippen molar-refractivity contribution in [1.29, 1.82) is 0 Å². The van der Waals surface area contributed by atoms with Gasteiger partial charge in [-0.1, -0.05) is 30.3 Å². The van der Waals surface area contributed by atoms with Gasteiger partial charge in [-0.05, 0) is 37.6 Å². The second-order valence-electron chi connectivity index (χ2n) is 5.40. The number of hydrogen-bond donors (Lipinski definition) is 1. The molecule has 0 aliphatic carbocycles. The summed E-state index contributed by atoms with van der Waals surface area (Å²) < 4.78 is 24.7. The number of para-hydroxylation sites is 2. The van der Waals surface area contributed by atoms with E-state index in [2.05, 4.69) is 5.32 Å². The van der Waals surface area contributed by atoms with Crippen molar-refractivity contribution in [2.24, 2.45) is 0 Å². The van der Waals surface area contributed by atoms with Crippen molar-refractivity contribution in [1.82, 2.24) is 5.32 Å². The van der Waals surface area contributed by atoms with Gasteiger partial charge in [0.05, 0.1) is 0 Å². The van der Waals surface area contributed by atoms with Gasteiger partial charge in [-0.15, -0.1) is 0 Å². The van der Waals surface area contributed by atoms with E-state index in [1.54, 1.807) is 42.5 Å². The minimum absolute atomic E-state index is 0.0723. The average Bonchev–Trinajstić information content (AvgIpc) is 3.10. The van der Waals surface area contributed by atoms with Crippen molar-refractivity contribution in [2.45, 2.75) is 25.5 Å². The first kappa shape index (κ1) is 15.5. The smallest absolute Gasteiger partial charge is 0.328 e. The van der Waals surface area contributed by atoms with Gasteiger partial charge >= 0.3 is 5.97 Å². The molecule has 0 radical (unpaired) electrons. The first-order valence-electron chi connectivity index (χ1n) is 7.64. The van der Waals surface area contributed by atoms with Crippen LogP contribution in [0.15, 0.2) is 48.5 Å². The number of benzene rings is 2. The highest BCUT2D eigenvalue weighted by Gasteiger charge is 2.24. The number of carbonyl (C=O) groups is 1. The summed E-state index contributed by atoms with van der Waals surface area (Å²) >= 11 is 0. The Hall–Kier alpha value is -2.40. The molecule has 1 unspecified atom stereocenters. The number of rotatable bonds is 5. The lowest BCUT2D eigenvalue weighted by molar-refractivity contribution is -0.136. The van der Waals surface area contributed by atoms with Gasteiger partial charge in [-0.25, -0.2) is 9.18 Å². The van der Waals surface area contributed by atoms with Gasteiger partial charge < -0.3 is 14.8 Å². The summed E-state index contributed by atoms with van der Waals surface area (Å²) in [5.41, 5.74) is 0.450. The molecule has 1 saturated heterocycles. The molecule has 0 amide bonds. The highest BCUT2D eigenvalue weighted by Crippen LogP contribution is 2.28. The lowest BCUT2D eigenvalue weighted by Gasteiger charge is -2.14. The van der Waals surface area contributed by atoms with Crippen molar-refractivity contribution >= 4 is 5.97 Å². The maximum absolute atomic E-state index is 13.6. The molecule has 1 fully saturated rings. The van der Waals surface area contributed by atoms with Crippen LogP contribution in [-0.2, 0) is 11.4 Å². The van der Waals surface area contributed by atoms with Crippen molar-refractivity contribution < 1.29 is 18.7 Å². The van der Waals surface area contributed by atoms with Gasteiger partial charge in [0.2, 0.25) is 0 Å². The first-order valence-corrected chi connectivity index (χ1v) is 7.64. The van der Waals surface area contributed by atoms with Gasteiger partial charge in [0.1, 0.15) is 18.5 Å². The number of carbonyl (C=O) groups excluding carboxylic acids is 1. The molecule has 1 aliphatic heterocycles. The minimum atomic E-state index is -0.322. The van der Waals surface area contributed by atoms with Crippen molar-refractivity contribution in [3.63, 3.8) is 0 Å². The van der Waals surface area contributed by atoms with Crippen molar-refractivity contribution in [3.05, 3.63) is 59.9 Å². The Morgan fingerprint density at radius 2 is 1.87 bits per heavy atom. The van der Waals surface area contributed by atoms with E-state index in [4.69, 9.17) is 9.47 Å². The Balaban J connectivity index is 1.68. The summed E-state index contributed by atoms with van der Waals surface area (Å²) in [5, 5.41) is 3.10. The van der Waals surface area contributed by atoms with Crippen LogP contribution in [0.4, 0.5) is 4.39 Å². The molecule has 1 aliphatic rings. The van der Waals surface area contributed by atoms with E-state index < -0.39 is 0 Å². The molecule has 2 aromatic carbocycles. The van der Waals surface area contributed by atoms with Gasteiger partial charge in [0.25, 0.3) is 0 Å². The molecule has 0 spiro atoms. The molecule has 120 valence electrons. The molecule has 0 saturated carbocycles. The molecule has 2 aromatic rings. The van der Waals surface area contributed by atoms with Crippen LogP contribution in [0.5, 0.6) is 11.5 Å². The summed E-state index contributed by atoms with van der Waals surface area (Å²) in [6.07, 6.45) is 1.74. The largest absolute Gasteiger partial charge is 0.485 e. The summed E-state index contributed by atoms with van der Waals surface area (Å²) in [5.74, 6) is 0.131. The van der Waals surface area contributed by atoms with E-state index in [1.165, 1.54) is 6.07 Å². The first-order chi connectivity index (χ1) is 11.2. The topological polar surface area (TPSA) is 47.6 Å². The van der Waals surface area contributed by atoms with Crippen LogP contribution in [0.1, 0.15) is 18.4 Å². The quantitative estimate of drug-likeness (QED) is 0.680. The molecule has 0 bridgehead atoms. The second kappa shape index (κ2) is 7.24. The van der Waals surface area contributed by atoms with Crippen molar-refractivity contribution in [3.8, 4) is 11.5 Å². The van der Waals surface area contributed by atoms with E-state index in [1.807, 2.05) is 0 Å². The second-order valence-corrected chi connectivity index (χ2v) is 5.40. The lowest BCUT2D eigenvalue weighted by Crippen LogP contribution is -2.34. The Bertz CT molecular complexity index is 683. The third kappa shape index (κ3) is 3.87. The Morgan fingerprint density at radius 1 is 1.13 bits per heavy atom. The van der Waals surface area contributed by atoms with Gasteiger partial charge in [0.15, 0.2) is 11.5 Å². The SMILES string of the molecule is O=C(Oc1ccccc1OCc1ccccc1F)C1CCCN1. The molecule has 1 N–H and O–H groups in total. The number of ether oxygens (including phenoxy) is 2. The third-order valence-electron chi connectivity index (χ3n) is 3.75. The number of esters is 1. The fourth-order valence-electron chi connectivity index (χ4n) is 2.49. The predicted octanol–water partition coefficient (Wildman–Crippen LogP) is 3.06. The predicted molar refractivity (Wildman–Crippen MR) is 83.8 cm³/mol. The molecule has 1 heterocycles. The van der Waals surface area contributed by atoms with E-state index >= 15 is 0 Å². The standard InChI is InChI=1S/C18H18FNO3/c19-14-7-2-1-6-13(14)12-22-16-9-3-4-10-17(16)23-18(21)15-8-5-11-20-15/h1-4,6-7,9-10,15,20H,5,8,11-12H2. The summed E-state index contributed by atoms with van der Waals surface area (Å²) in [6, 6.07) is 13.1. The summed E-state index contributed by atoms with van der Waals surface area (Å²) in [6.45, 7) is 0.897. The van der Waals surface area contributed by atoms with Crippen LogP contribution in [0.2, 0.25) is 0 Å². The maximum Gasteiger partial charge on any atom is 0.328 e. The van der Waals surface area contributed by atoms with E-state index in [0.717, 1.165) is 19.4 Å². The molecule has 5 heteroatoms. The zero-order valence-corrected chi connectivity index (χ0v) is 12.6.